The zero-order valence-corrected chi connectivity index (χ0v) is 12.4. The van der Waals surface area contributed by atoms with Gasteiger partial charge in [0.25, 0.3) is 5.91 Å². The van der Waals surface area contributed by atoms with Crippen LogP contribution in [0.15, 0.2) is 24.3 Å². The normalized spacial score (nSPS) is 11.2. The molecule has 0 aromatic heterocycles. The summed E-state index contributed by atoms with van der Waals surface area (Å²) in [4.78, 5) is 12.0. The lowest BCUT2D eigenvalue weighted by Gasteiger charge is -2.25. The third-order valence-electron chi connectivity index (χ3n) is 2.72. The number of nitrogens with one attached hydrogen (secondary N) is 1. The van der Waals surface area contributed by atoms with E-state index in [2.05, 4.69) is 5.32 Å². The molecule has 0 bridgehead atoms. The Labute approximate surface area is 124 Å². The predicted molar refractivity (Wildman–Crippen MR) is 76.6 cm³/mol. The summed E-state index contributed by atoms with van der Waals surface area (Å²) in [6.45, 7) is 4.51. The largest absolute Gasteiger partial charge is 0.478 e. The highest BCUT2D eigenvalue weighted by molar-refractivity contribution is 5.84. The number of benzene rings is 1. The molecule has 5 nitrogen and oxygen atoms in total. The summed E-state index contributed by atoms with van der Waals surface area (Å²) in [6.07, 6.45) is 0.651. The van der Waals surface area contributed by atoms with Crippen LogP contribution in [0.4, 0.5) is 4.39 Å². The first-order chi connectivity index (χ1) is 9.95. The fourth-order valence-electron chi connectivity index (χ4n) is 1.60. The first-order valence-corrected chi connectivity index (χ1v) is 6.87. The van der Waals surface area contributed by atoms with Crippen molar-refractivity contribution in [3.8, 4) is 5.75 Å². The van der Waals surface area contributed by atoms with E-state index in [0.717, 1.165) is 0 Å². The van der Waals surface area contributed by atoms with Gasteiger partial charge in [-0.25, -0.2) is 4.39 Å². The van der Waals surface area contributed by atoms with E-state index >= 15 is 0 Å². The lowest BCUT2D eigenvalue weighted by Crippen LogP contribution is -2.46. The second-order valence-electron chi connectivity index (χ2n) is 5.01. The molecule has 1 rings (SSSR count). The van der Waals surface area contributed by atoms with E-state index in [4.69, 9.17) is 14.6 Å². The number of halogens is 1. The molecule has 0 fully saturated rings. The zero-order chi connectivity index (χ0) is 15.7. The third-order valence-corrected chi connectivity index (χ3v) is 2.72. The Hall–Kier alpha value is -1.66. The molecule has 0 unspecified atom stereocenters. The van der Waals surface area contributed by atoms with Crippen molar-refractivity contribution in [2.45, 2.75) is 25.9 Å². The molecule has 0 radical (unpaired) electrons. The third kappa shape index (κ3) is 6.55. The standard InChI is InChI=1S/C15H22FNO4/c1-15(2,21-13-6-4-12(16)5-7-13)14(19)17-8-3-10-20-11-9-18/h4-7,18H,3,8-11H2,1-2H3,(H,17,19). The van der Waals surface area contributed by atoms with Gasteiger partial charge in [0.05, 0.1) is 13.2 Å². The summed E-state index contributed by atoms with van der Waals surface area (Å²) in [7, 11) is 0. The Morgan fingerprint density at radius 3 is 2.57 bits per heavy atom. The van der Waals surface area contributed by atoms with Crippen LogP contribution in [0.25, 0.3) is 0 Å². The Balaban J connectivity index is 2.35. The van der Waals surface area contributed by atoms with Gasteiger partial charge in [-0.1, -0.05) is 0 Å². The molecule has 21 heavy (non-hydrogen) atoms. The number of hydrogen-bond donors (Lipinski definition) is 2. The van der Waals surface area contributed by atoms with Crippen LogP contribution in [-0.2, 0) is 9.53 Å². The summed E-state index contributed by atoms with van der Waals surface area (Å²) in [5, 5.41) is 11.3. The van der Waals surface area contributed by atoms with Gasteiger partial charge in [0.1, 0.15) is 11.6 Å². The molecule has 0 saturated heterocycles. The molecular weight excluding hydrogens is 277 g/mol. The number of ether oxygens (including phenoxy) is 2. The minimum atomic E-state index is -1.05. The van der Waals surface area contributed by atoms with Gasteiger partial charge in [-0.15, -0.1) is 0 Å². The van der Waals surface area contributed by atoms with E-state index in [9.17, 15) is 9.18 Å². The minimum absolute atomic E-state index is 0.00903. The lowest BCUT2D eigenvalue weighted by molar-refractivity contribution is -0.134. The average Bonchev–Trinajstić information content (AvgIpc) is 2.44. The smallest absolute Gasteiger partial charge is 0.263 e. The molecule has 0 aliphatic heterocycles. The fraction of sp³-hybridized carbons (Fsp3) is 0.533. The van der Waals surface area contributed by atoms with Crippen LogP contribution >= 0.6 is 0 Å². The number of aliphatic hydroxyl groups excluding tert-OH is 1. The number of hydrogen-bond acceptors (Lipinski definition) is 4. The molecule has 0 atom stereocenters. The number of aliphatic hydroxyl groups is 1. The van der Waals surface area contributed by atoms with Crippen molar-refractivity contribution in [1.29, 1.82) is 0 Å². The molecular formula is C15H22FNO4. The Kier molecular flexibility index (Phi) is 7.11. The Morgan fingerprint density at radius 1 is 1.29 bits per heavy atom. The minimum Gasteiger partial charge on any atom is -0.478 e. The van der Waals surface area contributed by atoms with Gasteiger partial charge in [0.15, 0.2) is 5.60 Å². The van der Waals surface area contributed by atoms with Gasteiger partial charge in [0, 0.05) is 13.2 Å². The first-order valence-electron chi connectivity index (χ1n) is 6.87. The zero-order valence-electron chi connectivity index (χ0n) is 12.4. The molecule has 2 N–H and O–H groups in total. The molecule has 6 heteroatoms. The van der Waals surface area contributed by atoms with E-state index in [1.54, 1.807) is 13.8 Å². The molecule has 0 spiro atoms. The highest BCUT2D eigenvalue weighted by atomic mass is 19.1. The second-order valence-corrected chi connectivity index (χ2v) is 5.01. The highest BCUT2D eigenvalue weighted by Crippen LogP contribution is 2.18. The quantitative estimate of drug-likeness (QED) is 0.678. The van der Waals surface area contributed by atoms with Crippen molar-refractivity contribution in [2.24, 2.45) is 0 Å². The highest BCUT2D eigenvalue weighted by Gasteiger charge is 2.29. The first kappa shape index (κ1) is 17.4. The van der Waals surface area contributed by atoms with Crippen molar-refractivity contribution in [2.75, 3.05) is 26.4 Å². The summed E-state index contributed by atoms with van der Waals surface area (Å²) < 4.78 is 23.5. The number of carbonyl (C=O) groups excluding carboxylic acids is 1. The van der Waals surface area contributed by atoms with E-state index < -0.39 is 5.60 Å². The van der Waals surface area contributed by atoms with Gasteiger partial charge in [0.2, 0.25) is 0 Å². The molecule has 0 aliphatic rings. The van der Waals surface area contributed by atoms with Crippen LogP contribution in [0.3, 0.4) is 0 Å². The van der Waals surface area contributed by atoms with Gasteiger partial charge in [-0.2, -0.15) is 0 Å². The van der Waals surface area contributed by atoms with Crippen LogP contribution in [0.1, 0.15) is 20.3 Å². The van der Waals surface area contributed by atoms with Crippen LogP contribution in [0.5, 0.6) is 5.75 Å². The monoisotopic (exact) mass is 299 g/mol. The van der Waals surface area contributed by atoms with Crippen molar-refractivity contribution < 1.29 is 23.8 Å². The molecule has 1 aromatic carbocycles. The van der Waals surface area contributed by atoms with E-state index in [1.165, 1.54) is 24.3 Å². The van der Waals surface area contributed by atoms with E-state index in [1.807, 2.05) is 0 Å². The molecule has 118 valence electrons. The second kappa shape index (κ2) is 8.59. The molecule has 0 aliphatic carbocycles. The van der Waals surface area contributed by atoms with Crippen molar-refractivity contribution in [3.05, 3.63) is 30.1 Å². The van der Waals surface area contributed by atoms with E-state index in [-0.39, 0.29) is 18.3 Å². The number of carbonyl (C=O) groups is 1. The SMILES string of the molecule is CC(C)(Oc1ccc(F)cc1)C(=O)NCCCOCCO. The molecule has 0 saturated carbocycles. The summed E-state index contributed by atoms with van der Waals surface area (Å²) in [5.74, 6) is -0.177. The van der Waals surface area contributed by atoms with Crippen molar-refractivity contribution in [3.63, 3.8) is 0 Å². The van der Waals surface area contributed by atoms with E-state index in [0.29, 0.717) is 31.9 Å². The van der Waals surface area contributed by atoms with Gasteiger partial charge >= 0.3 is 0 Å². The summed E-state index contributed by atoms with van der Waals surface area (Å²) >= 11 is 0. The van der Waals surface area contributed by atoms with Crippen molar-refractivity contribution in [1.82, 2.24) is 5.32 Å². The van der Waals surface area contributed by atoms with Crippen LogP contribution in [0, 0.1) is 5.82 Å². The number of amides is 1. The van der Waals surface area contributed by atoms with Gasteiger partial charge in [-0.3, -0.25) is 4.79 Å². The van der Waals surface area contributed by atoms with Crippen LogP contribution in [-0.4, -0.2) is 43.0 Å². The average molecular weight is 299 g/mol. The maximum Gasteiger partial charge on any atom is 0.263 e. The topological polar surface area (TPSA) is 67.8 Å². The molecule has 1 aromatic rings. The summed E-state index contributed by atoms with van der Waals surface area (Å²) in [5.41, 5.74) is -1.05. The maximum absolute atomic E-state index is 12.8. The number of rotatable bonds is 9. The summed E-state index contributed by atoms with van der Waals surface area (Å²) in [6, 6.07) is 5.52. The Morgan fingerprint density at radius 2 is 1.95 bits per heavy atom. The van der Waals surface area contributed by atoms with Crippen molar-refractivity contribution >= 4 is 5.91 Å². The molecule has 0 heterocycles. The maximum atomic E-state index is 12.8. The van der Waals surface area contributed by atoms with Crippen LogP contribution < -0.4 is 10.1 Å². The van der Waals surface area contributed by atoms with Gasteiger partial charge in [-0.05, 0) is 44.5 Å². The predicted octanol–water partition coefficient (Wildman–Crippen LogP) is 1.50. The van der Waals surface area contributed by atoms with Gasteiger partial charge < -0.3 is 19.9 Å². The Bertz CT molecular complexity index is 434. The fourth-order valence-corrected chi connectivity index (χ4v) is 1.60. The van der Waals surface area contributed by atoms with Crippen LogP contribution in [0.2, 0.25) is 0 Å². The lowest BCUT2D eigenvalue weighted by atomic mass is 10.1. The molecule has 1 amide bonds.